The van der Waals surface area contributed by atoms with Gasteiger partial charge in [-0.15, -0.1) is 0 Å². The number of fused-ring (bicyclic) bond motifs is 1. The van der Waals surface area contributed by atoms with E-state index in [1.165, 1.54) is 16.7 Å². The summed E-state index contributed by atoms with van der Waals surface area (Å²) >= 11 is 12.0. The third-order valence-corrected chi connectivity index (χ3v) is 3.74. The fourth-order valence-electron chi connectivity index (χ4n) is 2.19. The molecule has 3 rings (SSSR count). The number of hydrogen-bond acceptors (Lipinski definition) is 3. The van der Waals surface area contributed by atoms with Gasteiger partial charge in [-0.05, 0) is 30.3 Å². The van der Waals surface area contributed by atoms with Crippen molar-refractivity contribution in [1.29, 1.82) is 0 Å². The minimum absolute atomic E-state index is 0.117. The highest BCUT2D eigenvalue weighted by molar-refractivity contribution is 6.38. The Bertz CT molecular complexity index is 942. The summed E-state index contributed by atoms with van der Waals surface area (Å²) in [5.74, 6) is -0.961. The zero-order valence-corrected chi connectivity index (χ0v) is 12.6. The lowest BCUT2D eigenvalue weighted by Gasteiger charge is -2.07. The fraction of sp³-hybridized carbons (Fsp3) is 0.0667. The van der Waals surface area contributed by atoms with Crippen molar-refractivity contribution in [2.24, 2.45) is 0 Å². The van der Waals surface area contributed by atoms with Crippen molar-refractivity contribution in [2.45, 2.75) is 6.54 Å². The minimum atomic E-state index is -1.16. The van der Waals surface area contributed by atoms with Crippen LogP contribution >= 0.6 is 23.2 Å². The van der Waals surface area contributed by atoms with Crippen LogP contribution in [0.1, 0.15) is 16.3 Å². The Hall–Kier alpha value is -2.24. The van der Waals surface area contributed by atoms with Gasteiger partial charge < -0.3 is 14.1 Å². The number of benzene rings is 1. The van der Waals surface area contributed by atoms with Crippen LogP contribution in [0.4, 0.5) is 0 Å². The first-order valence-electron chi connectivity index (χ1n) is 6.26. The molecule has 0 unspecified atom stereocenters. The normalized spacial score (nSPS) is 11.0. The molecule has 5 nitrogen and oxygen atoms in total. The van der Waals surface area contributed by atoms with Crippen LogP contribution in [-0.2, 0) is 6.54 Å². The van der Waals surface area contributed by atoms with Gasteiger partial charge in [-0.2, -0.15) is 0 Å². The zero-order valence-electron chi connectivity index (χ0n) is 11.0. The van der Waals surface area contributed by atoms with Crippen LogP contribution in [0.5, 0.6) is 0 Å². The lowest BCUT2D eigenvalue weighted by atomic mass is 10.2. The molecule has 0 bridgehead atoms. The fourth-order valence-corrected chi connectivity index (χ4v) is 2.74. The Morgan fingerprint density at radius 3 is 2.64 bits per heavy atom. The van der Waals surface area contributed by atoms with E-state index in [9.17, 15) is 9.59 Å². The molecule has 1 aromatic carbocycles. The van der Waals surface area contributed by atoms with Crippen molar-refractivity contribution in [2.75, 3.05) is 0 Å². The van der Waals surface area contributed by atoms with Gasteiger partial charge in [-0.25, -0.2) is 4.79 Å². The molecule has 0 aliphatic carbocycles. The molecule has 1 N–H and O–H groups in total. The number of nitrogens with zero attached hydrogens (tertiary/aromatic N) is 1. The summed E-state index contributed by atoms with van der Waals surface area (Å²) in [5.41, 5.74) is -0.282. The van der Waals surface area contributed by atoms with Gasteiger partial charge in [0.15, 0.2) is 0 Å². The summed E-state index contributed by atoms with van der Waals surface area (Å²) in [6.45, 7) is 0.117. The smallest absolute Gasteiger partial charge is 0.371 e. The molecule has 2 aromatic heterocycles. The van der Waals surface area contributed by atoms with Gasteiger partial charge in [0.05, 0.1) is 17.0 Å². The summed E-state index contributed by atoms with van der Waals surface area (Å²) in [6, 6.07) is 7.69. The van der Waals surface area contributed by atoms with Crippen molar-refractivity contribution in [3.05, 3.63) is 68.4 Å². The molecule has 0 aliphatic heterocycles. The van der Waals surface area contributed by atoms with E-state index in [2.05, 4.69) is 0 Å². The van der Waals surface area contributed by atoms with Crippen LogP contribution < -0.4 is 5.56 Å². The average Bonchev–Trinajstić information content (AvgIpc) is 2.91. The van der Waals surface area contributed by atoms with Crippen LogP contribution in [0.2, 0.25) is 10.0 Å². The molecule has 0 aliphatic rings. The first-order chi connectivity index (χ1) is 10.5. The van der Waals surface area contributed by atoms with Gasteiger partial charge >= 0.3 is 5.97 Å². The van der Waals surface area contributed by atoms with Crippen molar-refractivity contribution in [1.82, 2.24) is 4.57 Å². The van der Waals surface area contributed by atoms with E-state index in [4.69, 9.17) is 32.7 Å². The van der Waals surface area contributed by atoms with E-state index >= 15 is 0 Å². The highest BCUT2D eigenvalue weighted by Gasteiger charge is 2.12. The summed E-state index contributed by atoms with van der Waals surface area (Å²) in [5, 5.41) is 10.6. The standard InChI is InChI=1S/C15H9Cl2NO4/c16-8-5-11-10(12(17)6-8)3-4-18(14(11)19)7-9-1-2-13(22-9)15(20)21/h1-6H,7H2,(H,20,21). The molecule has 0 amide bonds. The molecular formula is C15H9Cl2NO4. The van der Waals surface area contributed by atoms with Gasteiger partial charge in [0.2, 0.25) is 5.76 Å². The van der Waals surface area contributed by atoms with Crippen LogP contribution in [-0.4, -0.2) is 15.6 Å². The van der Waals surface area contributed by atoms with Gasteiger partial charge in [0.25, 0.3) is 5.56 Å². The monoisotopic (exact) mass is 337 g/mol. The molecule has 0 saturated heterocycles. The van der Waals surface area contributed by atoms with E-state index in [1.807, 2.05) is 0 Å². The van der Waals surface area contributed by atoms with Gasteiger partial charge in [0.1, 0.15) is 5.76 Å². The second-order valence-electron chi connectivity index (χ2n) is 4.67. The van der Waals surface area contributed by atoms with Crippen LogP contribution in [0.25, 0.3) is 10.8 Å². The second-order valence-corrected chi connectivity index (χ2v) is 5.51. The Kier molecular flexibility index (Phi) is 3.68. The molecule has 0 spiro atoms. The van der Waals surface area contributed by atoms with E-state index in [0.717, 1.165) is 0 Å². The highest BCUT2D eigenvalue weighted by atomic mass is 35.5. The van der Waals surface area contributed by atoms with Crippen molar-refractivity contribution in [3.63, 3.8) is 0 Å². The van der Waals surface area contributed by atoms with E-state index in [0.29, 0.717) is 26.6 Å². The predicted molar refractivity (Wildman–Crippen MR) is 83.0 cm³/mol. The summed E-state index contributed by atoms with van der Waals surface area (Å²) in [4.78, 5) is 23.3. The van der Waals surface area contributed by atoms with Gasteiger partial charge in [0, 0.05) is 16.6 Å². The van der Waals surface area contributed by atoms with Crippen LogP contribution in [0.3, 0.4) is 0 Å². The second kappa shape index (κ2) is 5.51. The van der Waals surface area contributed by atoms with Gasteiger partial charge in [-0.3, -0.25) is 4.79 Å². The molecule has 0 fully saturated rings. The molecule has 0 radical (unpaired) electrons. The van der Waals surface area contributed by atoms with E-state index in [1.54, 1.807) is 24.4 Å². The lowest BCUT2D eigenvalue weighted by Crippen LogP contribution is -2.19. The lowest BCUT2D eigenvalue weighted by molar-refractivity contribution is 0.0660. The quantitative estimate of drug-likeness (QED) is 0.791. The third kappa shape index (κ3) is 2.61. The topological polar surface area (TPSA) is 72.4 Å². The molecule has 112 valence electrons. The molecule has 0 saturated carbocycles. The summed E-state index contributed by atoms with van der Waals surface area (Å²) in [6.07, 6.45) is 1.58. The maximum Gasteiger partial charge on any atom is 0.371 e. The molecule has 7 heteroatoms. The molecule has 3 aromatic rings. The van der Waals surface area contributed by atoms with E-state index < -0.39 is 5.97 Å². The van der Waals surface area contributed by atoms with Crippen LogP contribution in [0, 0.1) is 0 Å². The van der Waals surface area contributed by atoms with Gasteiger partial charge in [-0.1, -0.05) is 23.2 Å². The Morgan fingerprint density at radius 2 is 1.95 bits per heavy atom. The number of carboxylic acid groups (broad SMARTS) is 1. The number of hydrogen-bond donors (Lipinski definition) is 1. The minimum Gasteiger partial charge on any atom is -0.475 e. The number of pyridine rings is 1. The number of furan rings is 1. The first kappa shape index (κ1) is 14.7. The largest absolute Gasteiger partial charge is 0.475 e. The van der Waals surface area contributed by atoms with Crippen molar-refractivity contribution in [3.8, 4) is 0 Å². The number of carboxylic acids is 1. The molecular weight excluding hydrogens is 329 g/mol. The number of aromatic nitrogens is 1. The van der Waals surface area contributed by atoms with Crippen molar-refractivity contribution >= 4 is 39.9 Å². The Labute approximate surface area is 134 Å². The van der Waals surface area contributed by atoms with Crippen molar-refractivity contribution < 1.29 is 14.3 Å². The molecule has 2 heterocycles. The number of halogens is 2. The van der Waals surface area contributed by atoms with Crippen LogP contribution in [0.15, 0.2) is 45.7 Å². The summed E-state index contributed by atoms with van der Waals surface area (Å²) < 4.78 is 6.55. The maximum absolute atomic E-state index is 12.5. The SMILES string of the molecule is O=C(O)c1ccc(Cn2ccc3c(Cl)cc(Cl)cc3c2=O)o1. The first-order valence-corrected chi connectivity index (χ1v) is 7.01. The maximum atomic E-state index is 12.5. The zero-order chi connectivity index (χ0) is 15.9. The predicted octanol–water partition coefficient (Wildman–Crippen LogP) is 3.65. The number of aromatic carboxylic acids is 1. The summed E-state index contributed by atoms with van der Waals surface area (Å²) in [7, 11) is 0. The number of carbonyl (C=O) groups is 1. The third-order valence-electron chi connectivity index (χ3n) is 3.21. The number of rotatable bonds is 3. The molecule has 22 heavy (non-hydrogen) atoms. The molecule has 0 atom stereocenters. The Morgan fingerprint density at radius 1 is 1.18 bits per heavy atom. The van der Waals surface area contributed by atoms with E-state index in [-0.39, 0.29) is 17.9 Å². The highest BCUT2D eigenvalue weighted by Crippen LogP contribution is 2.25. The Balaban J connectivity index is 2.06. The average molecular weight is 338 g/mol.